The van der Waals surface area contributed by atoms with Gasteiger partial charge in [-0.3, -0.25) is 0 Å². The second kappa shape index (κ2) is 17.0. The normalized spacial score (nSPS) is 8.71. The van der Waals surface area contributed by atoms with Crippen LogP contribution in [0.4, 0.5) is 0 Å². The lowest BCUT2D eigenvalue weighted by molar-refractivity contribution is -0.133. The predicted molar refractivity (Wildman–Crippen MR) is 117 cm³/mol. The van der Waals surface area contributed by atoms with Gasteiger partial charge in [0, 0.05) is 11.1 Å². The Bertz CT molecular complexity index is 766. The highest BCUT2D eigenvalue weighted by molar-refractivity contribution is 6.03. The second-order valence-electron chi connectivity index (χ2n) is 5.67. The lowest BCUT2D eigenvalue weighted by Gasteiger charge is -2.07. The molecule has 0 spiro atoms. The molecule has 31 heavy (non-hydrogen) atoms. The SMILES string of the molecule is C=C(C)C(=O)O.C=C(CC)C(=O)O.C=CCOC(=O)c1ccccc1C(=O)OCC=C. The van der Waals surface area contributed by atoms with Crippen LogP contribution in [0.25, 0.3) is 0 Å². The summed E-state index contributed by atoms with van der Waals surface area (Å²) in [7, 11) is 0. The highest BCUT2D eigenvalue weighted by atomic mass is 16.5. The lowest BCUT2D eigenvalue weighted by Crippen LogP contribution is -2.14. The highest BCUT2D eigenvalue weighted by Crippen LogP contribution is 2.12. The Balaban J connectivity index is 0. The molecular weight excluding hydrogens is 404 g/mol. The number of ether oxygens (including phenoxy) is 2. The summed E-state index contributed by atoms with van der Waals surface area (Å²) in [6, 6.07) is 6.31. The molecule has 0 radical (unpaired) electrons. The maximum absolute atomic E-state index is 11.7. The zero-order valence-electron chi connectivity index (χ0n) is 17.8. The first-order chi connectivity index (χ1) is 14.5. The Kier molecular flexibility index (Phi) is 16.0. The van der Waals surface area contributed by atoms with Gasteiger partial charge < -0.3 is 19.7 Å². The molecule has 1 aromatic carbocycles. The van der Waals surface area contributed by atoms with Gasteiger partial charge in [0.15, 0.2) is 0 Å². The van der Waals surface area contributed by atoms with Crippen LogP contribution >= 0.6 is 0 Å². The van der Waals surface area contributed by atoms with Crippen molar-refractivity contribution in [2.45, 2.75) is 20.3 Å². The van der Waals surface area contributed by atoms with E-state index in [1.54, 1.807) is 19.1 Å². The summed E-state index contributed by atoms with van der Waals surface area (Å²) in [5.41, 5.74) is 0.789. The molecule has 0 aromatic heterocycles. The van der Waals surface area contributed by atoms with Gasteiger partial charge in [0.2, 0.25) is 0 Å². The second-order valence-corrected chi connectivity index (χ2v) is 5.67. The first-order valence-electron chi connectivity index (χ1n) is 8.98. The minimum absolute atomic E-state index is 0.0921. The first-order valence-corrected chi connectivity index (χ1v) is 8.98. The van der Waals surface area contributed by atoms with Crippen LogP contribution in [0.1, 0.15) is 41.0 Å². The number of carboxylic acid groups (broad SMARTS) is 2. The van der Waals surface area contributed by atoms with E-state index in [1.807, 2.05) is 0 Å². The minimum atomic E-state index is -0.935. The van der Waals surface area contributed by atoms with E-state index >= 15 is 0 Å². The molecule has 0 aliphatic carbocycles. The van der Waals surface area contributed by atoms with Gasteiger partial charge in [-0.15, -0.1) is 0 Å². The molecule has 2 N–H and O–H groups in total. The standard InChI is InChI=1S/C14H14O4.C5H8O2.C4H6O2/c1-3-9-17-13(15)11-7-5-6-8-12(11)14(16)18-10-4-2;1-3-4(2)5(6)7;1-3(2)4(5)6/h3-8H,1-2,9-10H2;2-3H2,1H3,(H,6,7);1H2,2H3,(H,5,6). The zero-order valence-corrected chi connectivity index (χ0v) is 17.8. The van der Waals surface area contributed by atoms with Crippen molar-refractivity contribution >= 4 is 23.9 Å². The largest absolute Gasteiger partial charge is 0.478 e. The molecule has 0 atom stereocenters. The first kappa shape index (κ1) is 29.3. The van der Waals surface area contributed by atoms with E-state index in [0.717, 1.165) is 0 Å². The fraction of sp³-hybridized carbons (Fsp3) is 0.217. The summed E-state index contributed by atoms with van der Waals surface area (Å²) >= 11 is 0. The van der Waals surface area contributed by atoms with Crippen LogP contribution in [-0.2, 0) is 19.1 Å². The zero-order chi connectivity index (χ0) is 24.4. The number of carboxylic acids is 2. The predicted octanol–water partition coefficient (Wildman–Crippen LogP) is 4.06. The van der Waals surface area contributed by atoms with Gasteiger partial charge in [0.1, 0.15) is 13.2 Å². The minimum Gasteiger partial charge on any atom is -0.478 e. The third-order valence-corrected chi connectivity index (χ3v) is 3.13. The number of rotatable bonds is 9. The Hall–Kier alpha value is -3.94. The van der Waals surface area contributed by atoms with Crippen LogP contribution in [0, 0.1) is 0 Å². The lowest BCUT2D eigenvalue weighted by atomic mass is 10.1. The van der Waals surface area contributed by atoms with Gasteiger partial charge in [0.25, 0.3) is 0 Å². The summed E-state index contributed by atoms with van der Waals surface area (Å²) in [5.74, 6) is -3.00. The molecule has 1 aromatic rings. The van der Waals surface area contributed by atoms with Gasteiger partial charge in [-0.05, 0) is 25.5 Å². The van der Waals surface area contributed by atoms with Gasteiger partial charge in [-0.25, -0.2) is 19.2 Å². The fourth-order valence-electron chi connectivity index (χ4n) is 1.42. The highest BCUT2D eigenvalue weighted by Gasteiger charge is 2.18. The number of benzene rings is 1. The quantitative estimate of drug-likeness (QED) is 0.340. The molecule has 0 saturated carbocycles. The smallest absolute Gasteiger partial charge is 0.339 e. The molecule has 0 amide bonds. The molecule has 0 fully saturated rings. The summed E-state index contributed by atoms with van der Waals surface area (Å²) in [6.45, 7) is 16.7. The van der Waals surface area contributed by atoms with Gasteiger partial charge in [0.05, 0.1) is 11.1 Å². The summed E-state index contributed by atoms with van der Waals surface area (Å²) in [6.07, 6.45) is 3.43. The van der Waals surface area contributed by atoms with Gasteiger partial charge >= 0.3 is 23.9 Å². The van der Waals surface area contributed by atoms with E-state index in [9.17, 15) is 19.2 Å². The van der Waals surface area contributed by atoms with Crippen LogP contribution in [0.15, 0.2) is 73.9 Å². The number of hydrogen-bond acceptors (Lipinski definition) is 6. The molecular formula is C23H28O8. The number of hydrogen-bond donors (Lipinski definition) is 2. The van der Waals surface area contributed by atoms with E-state index in [1.165, 1.54) is 31.2 Å². The van der Waals surface area contributed by atoms with E-state index < -0.39 is 23.9 Å². The van der Waals surface area contributed by atoms with Crippen molar-refractivity contribution in [1.29, 1.82) is 0 Å². The van der Waals surface area contributed by atoms with Crippen LogP contribution in [0.5, 0.6) is 0 Å². The average Bonchev–Trinajstić information content (AvgIpc) is 2.75. The van der Waals surface area contributed by atoms with E-state index in [4.69, 9.17) is 19.7 Å². The van der Waals surface area contributed by atoms with Crippen molar-refractivity contribution in [2.75, 3.05) is 13.2 Å². The maximum Gasteiger partial charge on any atom is 0.339 e. The number of carbonyl (C=O) groups excluding carboxylic acids is 2. The van der Waals surface area contributed by atoms with Crippen molar-refractivity contribution in [1.82, 2.24) is 0 Å². The number of aliphatic carboxylic acids is 2. The van der Waals surface area contributed by atoms with Crippen molar-refractivity contribution < 1.29 is 38.9 Å². The maximum atomic E-state index is 11.7. The molecule has 8 heteroatoms. The van der Waals surface area contributed by atoms with Crippen LogP contribution < -0.4 is 0 Å². The molecule has 0 heterocycles. The number of esters is 2. The third kappa shape index (κ3) is 13.8. The number of carbonyl (C=O) groups is 4. The van der Waals surface area contributed by atoms with Crippen molar-refractivity contribution in [3.8, 4) is 0 Å². The molecule has 0 saturated heterocycles. The molecule has 0 aliphatic heterocycles. The monoisotopic (exact) mass is 432 g/mol. The summed E-state index contributed by atoms with van der Waals surface area (Å²) < 4.78 is 9.78. The summed E-state index contributed by atoms with van der Waals surface area (Å²) in [4.78, 5) is 42.8. The van der Waals surface area contributed by atoms with Crippen molar-refractivity contribution in [3.63, 3.8) is 0 Å². The summed E-state index contributed by atoms with van der Waals surface area (Å²) in [5, 5.41) is 16.0. The molecule has 8 nitrogen and oxygen atoms in total. The Morgan fingerprint density at radius 1 is 0.871 bits per heavy atom. The molecule has 0 aliphatic rings. The van der Waals surface area contributed by atoms with Gasteiger partial charge in [-0.1, -0.05) is 57.5 Å². The van der Waals surface area contributed by atoms with E-state index in [2.05, 4.69) is 26.3 Å². The Morgan fingerprint density at radius 2 is 1.23 bits per heavy atom. The van der Waals surface area contributed by atoms with E-state index in [0.29, 0.717) is 6.42 Å². The molecule has 0 unspecified atom stereocenters. The topological polar surface area (TPSA) is 127 Å². The van der Waals surface area contributed by atoms with Crippen LogP contribution in [-0.4, -0.2) is 47.3 Å². The Morgan fingerprint density at radius 3 is 1.42 bits per heavy atom. The Labute approximate surface area is 181 Å². The third-order valence-electron chi connectivity index (χ3n) is 3.13. The van der Waals surface area contributed by atoms with Crippen molar-refractivity contribution in [2.24, 2.45) is 0 Å². The molecule has 0 bridgehead atoms. The van der Waals surface area contributed by atoms with Crippen LogP contribution in [0.2, 0.25) is 0 Å². The molecule has 1 rings (SSSR count). The fourth-order valence-corrected chi connectivity index (χ4v) is 1.42. The molecule has 168 valence electrons. The van der Waals surface area contributed by atoms with E-state index in [-0.39, 0.29) is 35.5 Å². The van der Waals surface area contributed by atoms with Crippen LogP contribution in [0.3, 0.4) is 0 Å². The average molecular weight is 432 g/mol. The van der Waals surface area contributed by atoms with Crippen molar-refractivity contribution in [3.05, 3.63) is 85.0 Å². The van der Waals surface area contributed by atoms with Gasteiger partial charge in [-0.2, -0.15) is 0 Å².